The van der Waals surface area contributed by atoms with Crippen molar-refractivity contribution in [3.63, 3.8) is 0 Å². The molecule has 1 saturated heterocycles. The first-order valence-corrected chi connectivity index (χ1v) is 8.38. The average molecular weight is 308 g/mol. The molecule has 0 radical (unpaired) electrons. The first-order valence-electron chi connectivity index (χ1n) is 8.38. The van der Waals surface area contributed by atoms with E-state index in [1.165, 1.54) is 19.3 Å². The number of rotatable bonds is 3. The Hall–Kier alpha value is -2.19. The van der Waals surface area contributed by atoms with E-state index in [1.807, 2.05) is 24.3 Å². The van der Waals surface area contributed by atoms with E-state index in [4.69, 9.17) is 4.74 Å². The highest BCUT2D eigenvalue weighted by atomic mass is 16.5. The number of hydrogen-bond donors (Lipinski definition) is 0. The van der Waals surface area contributed by atoms with E-state index in [2.05, 4.69) is 27.3 Å². The van der Waals surface area contributed by atoms with E-state index in [0.717, 1.165) is 30.6 Å². The lowest BCUT2D eigenvalue weighted by atomic mass is 10.1. The van der Waals surface area contributed by atoms with Crippen LogP contribution >= 0.6 is 0 Å². The van der Waals surface area contributed by atoms with Crippen LogP contribution in [0.25, 0.3) is 11.4 Å². The number of nitrogens with zero attached hydrogens (tertiary/aromatic N) is 4. The van der Waals surface area contributed by atoms with Crippen LogP contribution in [0.3, 0.4) is 0 Å². The van der Waals surface area contributed by atoms with Crippen molar-refractivity contribution < 1.29 is 4.74 Å². The van der Waals surface area contributed by atoms with E-state index in [9.17, 15) is 0 Å². The molecule has 0 spiro atoms. The monoisotopic (exact) mass is 308 g/mol. The van der Waals surface area contributed by atoms with Crippen LogP contribution in [0.1, 0.15) is 37.7 Å². The van der Waals surface area contributed by atoms with Gasteiger partial charge in [0.2, 0.25) is 5.82 Å². The molecule has 1 saturated carbocycles. The average Bonchev–Trinajstić information content (AvgIpc) is 3.32. The molecule has 1 aliphatic carbocycles. The molecule has 23 heavy (non-hydrogen) atoms. The van der Waals surface area contributed by atoms with Gasteiger partial charge in [-0.3, -0.25) is 0 Å². The molecule has 5 nitrogen and oxygen atoms in total. The third-order valence-corrected chi connectivity index (χ3v) is 4.21. The minimum absolute atomic E-state index is 0.210. The highest BCUT2D eigenvalue weighted by Crippen LogP contribution is 2.27. The van der Waals surface area contributed by atoms with Crippen LogP contribution < -0.4 is 0 Å². The van der Waals surface area contributed by atoms with Crippen molar-refractivity contribution in [1.29, 1.82) is 0 Å². The van der Waals surface area contributed by atoms with Gasteiger partial charge in [-0.2, -0.15) is 4.80 Å². The Kier molecular flexibility index (Phi) is 4.08. The van der Waals surface area contributed by atoms with Crippen LogP contribution in [0.2, 0.25) is 0 Å². The number of hydrogen-bond acceptors (Lipinski definition) is 4. The van der Waals surface area contributed by atoms with Crippen LogP contribution in [0.5, 0.6) is 0 Å². The number of ether oxygens (including phenoxy) is 1. The van der Waals surface area contributed by atoms with Gasteiger partial charge in [-0.25, -0.2) is 0 Å². The topological polar surface area (TPSA) is 52.8 Å². The maximum absolute atomic E-state index is 5.73. The summed E-state index contributed by atoms with van der Waals surface area (Å²) in [4.78, 5) is 1.65. The molecule has 1 atom stereocenters. The smallest absolute Gasteiger partial charge is 0.204 e. The van der Waals surface area contributed by atoms with Gasteiger partial charge in [0, 0.05) is 23.7 Å². The molecule has 0 unspecified atom stereocenters. The first kappa shape index (κ1) is 14.4. The third kappa shape index (κ3) is 3.77. The van der Waals surface area contributed by atoms with Crippen molar-refractivity contribution in [2.75, 3.05) is 6.61 Å². The minimum Gasteiger partial charge on any atom is -0.376 e. The van der Waals surface area contributed by atoms with Gasteiger partial charge in [-0.15, -0.1) is 10.2 Å². The summed E-state index contributed by atoms with van der Waals surface area (Å²) < 4.78 is 5.73. The SMILES string of the molecule is C(#CC1CC1)c1cccc(-c2nnn(C[C@H]3CCCCO3)n2)c1. The van der Waals surface area contributed by atoms with Crippen LogP contribution in [-0.4, -0.2) is 32.9 Å². The zero-order valence-corrected chi connectivity index (χ0v) is 13.1. The summed E-state index contributed by atoms with van der Waals surface area (Å²) in [6.07, 6.45) is 6.14. The van der Waals surface area contributed by atoms with E-state index < -0.39 is 0 Å². The van der Waals surface area contributed by atoms with Crippen LogP contribution in [0, 0.1) is 17.8 Å². The Morgan fingerprint density at radius 1 is 1.22 bits per heavy atom. The Morgan fingerprint density at radius 2 is 2.17 bits per heavy atom. The molecule has 1 aliphatic heterocycles. The van der Waals surface area contributed by atoms with Gasteiger partial charge >= 0.3 is 0 Å². The highest BCUT2D eigenvalue weighted by Gasteiger charge is 2.18. The molecule has 0 amide bonds. The second-order valence-corrected chi connectivity index (χ2v) is 6.28. The lowest BCUT2D eigenvalue weighted by Crippen LogP contribution is -2.25. The summed E-state index contributed by atoms with van der Waals surface area (Å²) in [5.74, 6) is 7.77. The predicted molar refractivity (Wildman–Crippen MR) is 86.4 cm³/mol. The summed E-state index contributed by atoms with van der Waals surface area (Å²) in [6.45, 7) is 1.52. The van der Waals surface area contributed by atoms with Crippen LogP contribution in [-0.2, 0) is 11.3 Å². The second-order valence-electron chi connectivity index (χ2n) is 6.28. The first-order chi connectivity index (χ1) is 11.4. The van der Waals surface area contributed by atoms with E-state index in [1.54, 1.807) is 4.80 Å². The van der Waals surface area contributed by atoms with E-state index in [0.29, 0.717) is 18.3 Å². The molecule has 2 aliphatic rings. The molecule has 1 aromatic carbocycles. The van der Waals surface area contributed by atoms with Crippen molar-refractivity contribution in [3.05, 3.63) is 29.8 Å². The van der Waals surface area contributed by atoms with Crippen molar-refractivity contribution in [3.8, 4) is 23.2 Å². The summed E-state index contributed by atoms with van der Waals surface area (Å²) in [7, 11) is 0. The molecule has 0 bridgehead atoms. The molecule has 2 fully saturated rings. The molecular weight excluding hydrogens is 288 g/mol. The zero-order valence-electron chi connectivity index (χ0n) is 13.1. The summed E-state index contributed by atoms with van der Waals surface area (Å²) in [5.41, 5.74) is 1.98. The fourth-order valence-corrected chi connectivity index (χ4v) is 2.72. The van der Waals surface area contributed by atoms with Crippen molar-refractivity contribution >= 4 is 0 Å². The van der Waals surface area contributed by atoms with E-state index >= 15 is 0 Å². The molecule has 5 heteroatoms. The molecule has 2 heterocycles. The third-order valence-electron chi connectivity index (χ3n) is 4.21. The maximum Gasteiger partial charge on any atom is 0.204 e. The van der Waals surface area contributed by atoms with Gasteiger partial charge in [0.1, 0.15) is 0 Å². The molecule has 4 rings (SSSR count). The zero-order chi connectivity index (χ0) is 15.5. The van der Waals surface area contributed by atoms with Crippen LogP contribution in [0.15, 0.2) is 24.3 Å². The Balaban J connectivity index is 1.47. The van der Waals surface area contributed by atoms with Crippen molar-refractivity contribution in [2.24, 2.45) is 5.92 Å². The summed E-state index contributed by atoms with van der Waals surface area (Å²) >= 11 is 0. The van der Waals surface area contributed by atoms with Gasteiger partial charge in [0.05, 0.1) is 12.6 Å². The van der Waals surface area contributed by atoms with Gasteiger partial charge in [-0.05, 0) is 49.5 Å². The molecular formula is C18H20N4O. The summed E-state index contributed by atoms with van der Waals surface area (Å²) in [5, 5.41) is 12.8. The van der Waals surface area contributed by atoms with Gasteiger partial charge in [0.15, 0.2) is 0 Å². The molecule has 118 valence electrons. The normalized spacial score (nSPS) is 20.8. The second kappa shape index (κ2) is 6.51. The van der Waals surface area contributed by atoms with Gasteiger partial charge in [-0.1, -0.05) is 24.0 Å². The molecule has 2 aromatic rings. The van der Waals surface area contributed by atoms with Crippen molar-refractivity contribution in [2.45, 2.75) is 44.8 Å². The Bertz CT molecular complexity index is 733. The lowest BCUT2D eigenvalue weighted by Gasteiger charge is -2.21. The Morgan fingerprint density at radius 3 is 3.00 bits per heavy atom. The van der Waals surface area contributed by atoms with Gasteiger partial charge in [0.25, 0.3) is 0 Å². The van der Waals surface area contributed by atoms with Gasteiger partial charge < -0.3 is 4.74 Å². The number of aromatic nitrogens is 4. The molecule has 0 N–H and O–H groups in total. The fourth-order valence-electron chi connectivity index (χ4n) is 2.72. The fraction of sp³-hybridized carbons (Fsp3) is 0.500. The summed E-state index contributed by atoms with van der Waals surface area (Å²) in [6, 6.07) is 8.06. The number of benzene rings is 1. The number of tetrazole rings is 1. The maximum atomic E-state index is 5.73. The van der Waals surface area contributed by atoms with Crippen LogP contribution in [0.4, 0.5) is 0 Å². The standard InChI is InChI=1S/C18H20N4O/c1-2-11-23-17(6-1)13-22-20-18(19-21-22)16-5-3-4-15(12-16)10-9-14-7-8-14/h3-5,12,14,17H,1-2,6-8,11,13H2/t17-/m1/s1. The highest BCUT2D eigenvalue weighted by molar-refractivity contribution is 5.57. The minimum atomic E-state index is 0.210. The predicted octanol–water partition coefficient (Wildman–Crippen LogP) is 2.67. The van der Waals surface area contributed by atoms with Crippen molar-refractivity contribution in [1.82, 2.24) is 20.2 Å². The lowest BCUT2D eigenvalue weighted by molar-refractivity contribution is 0.00133. The van der Waals surface area contributed by atoms with E-state index in [-0.39, 0.29) is 6.10 Å². The molecule has 1 aromatic heterocycles. The largest absolute Gasteiger partial charge is 0.376 e. The quantitative estimate of drug-likeness (QED) is 0.818. The Labute approximate surface area is 136 Å².